The molecule has 0 radical (unpaired) electrons. The molecule has 0 spiro atoms. The fraction of sp³-hybridized carbons (Fsp3) is 0.212. The summed E-state index contributed by atoms with van der Waals surface area (Å²) in [6, 6.07) is 31.1. The molecule has 0 saturated carbocycles. The SMILES string of the molecule is COc1ccc(CNC(=O)[C@@H](c2ccccc2)N(Cc2ccccc2)C(=O)Cc2ccc(OC)c(OC)c2)cc1. The van der Waals surface area contributed by atoms with Crippen molar-refractivity contribution >= 4 is 11.8 Å². The lowest BCUT2D eigenvalue weighted by molar-refractivity contribution is -0.141. The zero-order valence-corrected chi connectivity index (χ0v) is 23.0. The zero-order chi connectivity index (χ0) is 28.3. The number of nitrogens with one attached hydrogen (secondary N) is 1. The molecule has 0 saturated heterocycles. The molecule has 40 heavy (non-hydrogen) atoms. The van der Waals surface area contributed by atoms with E-state index in [9.17, 15) is 9.59 Å². The van der Waals surface area contributed by atoms with Gasteiger partial charge in [0.15, 0.2) is 11.5 Å². The lowest BCUT2D eigenvalue weighted by Gasteiger charge is -2.32. The van der Waals surface area contributed by atoms with Gasteiger partial charge in [-0.1, -0.05) is 78.9 Å². The van der Waals surface area contributed by atoms with Gasteiger partial charge in [-0.15, -0.1) is 0 Å². The third-order valence-electron chi connectivity index (χ3n) is 6.62. The van der Waals surface area contributed by atoms with Crippen LogP contribution in [0.1, 0.15) is 28.3 Å². The third kappa shape index (κ3) is 7.20. The second-order valence-electron chi connectivity index (χ2n) is 9.25. The molecule has 2 amide bonds. The van der Waals surface area contributed by atoms with Gasteiger partial charge in [0.05, 0.1) is 27.8 Å². The first kappa shape index (κ1) is 28.2. The predicted octanol–water partition coefficient (Wildman–Crippen LogP) is 5.34. The largest absolute Gasteiger partial charge is 0.497 e. The van der Waals surface area contributed by atoms with Crippen molar-refractivity contribution < 1.29 is 23.8 Å². The first-order valence-electron chi connectivity index (χ1n) is 13.0. The van der Waals surface area contributed by atoms with Crippen molar-refractivity contribution in [2.24, 2.45) is 0 Å². The van der Waals surface area contributed by atoms with Gasteiger partial charge >= 0.3 is 0 Å². The van der Waals surface area contributed by atoms with E-state index in [1.54, 1.807) is 38.4 Å². The van der Waals surface area contributed by atoms with Gasteiger partial charge in [0, 0.05) is 13.1 Å². The standard InChI is InChI=1S/C33H34N2O5/c1-38-28-17-14-24(15-18-28)22-34-33(37)32(27-12-8-5-9-13-27)35(23-25-10-6-4-7-11-25)31(36)21-26-16-19-29(39-2)30(20-26)40-3/h4-20,32H,21-23H2,1-3H3,(H,34,37)/t32-/m1/s1. The molecule has 4 aromatic carbocycles. The summed E-state index contributed by atoms with van der Waals surface area (Å²) >= 11 is 0. The van der Waals surface area contributed by atoms with E-state index in [0.717, 1.165) is 28.0 Å². The highest BCUT2D eigenvalue weighted by molar-refractivity contribution is 5.89. The van der Waals surface area contributed by atoms with E-state index >= 15 is 0 Å². The van der Waals surface area contributed by atoms with E-state index in [4.69, 9.17) is 14.2 Å². The van der Waals surface area contributed by atoms with Crippen LogP contribution in [-0.2, 0) is 29.1 Å². The highest BCUT2D eigenvalue weighted by Gasteiger charge is 2.31. The first-order chi connectivity index (χ1) is 19.5. The van der Waals surface area contributed by atoms with E-state index in [1.807, 2.05) is 91.0 Å². The lowest BCUT2D eigenvalue weighted by atomic mass is 10.0. The minimum absolute atomic E-state index is 0.0856. The molecule has 206 valence electrons. The molecule has 0 aliphatic heterocycles. The third-order valence-corrected chi connectivity index (χ3v) is 6.62. The lowest BCUT2D eigenvalue weighted by Crippen LogP contribution is -2.43. The number of rotatable bonds is 12. The molecule has 0 heterocycles. The Morgan fingerprint density at radius 3 is 1.95 bits per heavy atom. The van der Waals surface area contributed by atoms with Gasteiger partial charge in [-0.05, 0) is 46.5 Å². The molecule has 1 N–H and O–H groups in total. The molecule has 7 heteroatoms. The van der Waals surface area contributed by atoms with E-state index < -0.39 is 6.04 Å². The van der Waals surface area contributed by atoms with Gasteiger partial charge in [-0.2, -0.15) is 0 Å². The fourth-order valence-electron chi connectivity index (χ4n) is 4.51. The van der Waals surface area contributed by atoms with E-state index in [2.05, 4.69) is 5.32 Å². The number of carbonyl (C=O) groups is 2. The Hall–Kier alpha value is -4.78. The molecule has 0 bridgehead atoms. The average Bonchev–Trinajstić information content (AvgIpc) is 3.00. The van der Waals surface area contributed by atoms with E-state index in [-0.39, 0.29) is 24.8 Å². The van der Waals surface area contributed by atoms with Gasteiger partial charge in [0.1, 0.15) is 11.8 Å². The maximum absolute atomic E-state index is 14.0. The van der Waals surface area contributed by atoms with Gasteiger partial charge in [0.2, 0.25) is 11.8 Å². The van der Waals surface area contributed by atoms with Crippen molar-refractivity contribution in [2.45, 2.75) is 25.6 Å². The van der Waals surface area contributed by atoms with Crippen LogP contribution in [0.3, 0.4) is 0 Å². The molecule has 4 aromatic rings. The zero-order valence-electron chi connectivity index (χ0n) is 23.0. The average molecular weight is 539 g/mol. The normalized spacial score (nSPS) is 11.3. The quantitative estimate of drug-likeness (QED) is 0.264. The number of benzene rings is 4. The number of hydrogen-bond donors (Lipinski definition) is 1. The maximum atomic E-state index is 14.0. The van der Waals surface area contributed by atoms with Crippen molar-refractivity contribution in [3.63, 3.8) is 0 Å². The Morgan fingerprint density at radius 2 is 1.32 bits per heavy atom. The van der Waals surface area contributed by atoms with Crippen LogP contribution in [0.15, 0.2) is 103 Å². The molecular formula is C33H34N2O5. The van der Waals surface area contributed by atoms with Crippen molar-refractivity contribution in [3.8, 4) is 17.2 Å². The number of carbonyl (C=O) groups excluding carboxylic acids is 2. The maximum Gasteiger partial charge on any atom is 0.247 e. The number of hydrogen-bond acceptors (Lipinski definition) is 5. The fourth-order valence-corrected chi connectivity index (χ4v) is 4.51. The van der Waals surface area contributed by atoms with Crippen LogP contribution in [0.4, 0.5) is 0 Å². The van der Waals surface area contributed by atoms with Crippen LogP contribution in [-0.4, -0.2) is 38.0 Å². The van der Waals surface area contributed by atoms with Gasteiger partial charge < -0.3 is 24.4 Å². The predicted molar refractivity (Wildman–Crippen MR) is 154 cm³/mol. The molecule has 0 unspecified atom stereocenters. The summed E-state index contributed by atoms with van der Waals surface area (Å²) in [5.74, 6) is 1.41. The van der Waals surface area contributed by atoms with Gasteiger partial charge in [0.25, 0.3) is 0 Å². The second-order valence-corrected chi connectivity index (χ2v) is 9.25. The molecule has 7 nitrogen and oxygen atoms in total. The summed E-state index contributed by atoms with van der Waals surface area (Å²) in [6.45, 7) is 0.581. The Morgan fingerprint density at radius 1 is 0.700 bits per heavy atom. The van der Waals surface area contributed by atoms with Gasteiger partial charge in [-0.25, -0.2) is 0 Å². The summed E-state index contributed by atoms with van der Waals surface area (Å²) in [7, 11) is 4.74. The van der Waals surface area contributed by atoms with Crippen LogP contribution in [0, 0.1) is 0 Å². The minimum atomic E-state index is -0.840. The number of amides is 2. The van der Waals surface area contributed by atoms with Crippen LogP contribution in [0.5, 0.6) is 17.2 Å². The molecule has 0 aliphatic carbocycles. The van der Waals surface area contributed by atoms with Crippen molar-refractivity contribution in [3.05, 3.63) is 125 Å². The monoisotopic (exact) mass is 538 g/mol. The van der Waals surface area contributed by atoms with Crippen molar-refractivity contribution in [1.82, 2.24) is 10.2 Å². The molecule has 0 aromatic heterocycles. The summed E-state index contributed by atoms with van der Waals surface area (Å²) in [5.41, 5.74) is 3.33. The van der Waals surface area contributed by atoms with Crippen LogP contribution in [0.25, 0.3) is 0 Å². The molecule has 1 atom stereocenters. The molecular weight excluding hydrogens is 504 g/mol. The van der Waals surface area contributed by atoms with Crippen molar-refractivity contribution in [1.29, 1.82) is 0 Å². The topological polar surface area (TPSA) is 77.1 Å². The highest BCUT2D eigenvalue weighted by atomic mass is 16.5. The van der Waals surface area contributed by atoms with E-state index in [0.29, 0.717) is 18.0 Å². The minimum Gasteiger partial charge on any atom is -0.497 e. The van der Waals surface area contributed by atoms with Crippen LogP contribution >= 0.6 is 0 Å². The van der Waals surface area contributed by atoms with Crippen molar-refractivity contribution in [2.75, 3.05) is 21.3 Å². The summed E-state index contributed by atoms with van der Waals surface area (Å²) in [4.78, 5) is 29.5. The Labute approximate surface area is 235 Å². The van der Waals surface area contributed by atoms with Crippen LogP contribution in [0.2, 0.25) is 0 Å². The number of nitrogens with zero attached hydrogens (tertiary/aromatic N) is 1. The Kier molecular flexibility index (Phi) is 9.77. The molecule has 0 aliphatic rings. The summed E-state index contributed by atoms with van der Waals surface area (Å²) in [5, 5.41) is 3.04. The molecule has 4 rings (SSSR count). The molecule has 0 fully saturated rings. The smallest absolute Gasteiger partial charge is 0.247 e. The van der Waals surface area contributed by atoms with Gasteiger partial charge in [-0.3, -0.25) is 9.59 Å². The Balaban J connectivity index is 1.65. The van der Waals surface area contributed by atoms with Crippen LogP contribution < -0.4 is 19.5 Å². The Bertz CT molecular complexity index is 1390. The number of ether oxygens (including phenoxy) is 3. The number of methoxy groups -OCH3 is 3. The highest BCUT2D eigenvalue weighted by Crippen LogP contribution is 2.29. The van der Waals surface area contributed by atoms with E-state index in [1.165, 1.54) is 0 Å². The second kappa shape index (κ2) is 13.8. The summed E-state index contributed by atoms with van der Waals surface area (Å²) < 4.78 is 16.0. The summed E-state index contributed by atoms with van der Waals surface area (Å²) in [6.07, 6.45) is 0.0856. The first-order valence-corrected chi connectivity index (χ1v) is 13.0.